The Morgan fingerprint density at radius 2 is 1.91 bits per heavy atom. The maximum absolute atomic E-state index is 12.3. The minimum atomic E-state index is -0.381. The summed E-state index contributed by atoms with van der Waals surface area (Å²) in [5, 5.41) is 2.67. The summed E-state index contributed by atoms with van der Waals surface area (Å²) in [5.41, 5.74) is 3.24. The van der Waals surface area contributed by atoms with Gasteiger partial charge in [-0.15, -0.1) is 6.42 Å². The summed E-state index contributed by atoms with van der Waals surface area (Å²) in [7, 11) is 0. The number of hydrogen-bond donors (Lipinski definition) is 1. The number of amides is 2. The van der Waals surface area contributed by atoms with E-state index in [0.29, 0.717) is 24.3 Å². The lowest BCUT2D eigenvalue weighted by Gasteiger charge is -2.15. The van der Waals surface area contributed by atoms with Gasteiger partial charge in [0.15, 0.2) is 0 Å². The highest BCUT2D eigenvalue weighted by molar-refractivity contribution is 6.04. The number of pyridine rings is 1. The monoisotopic (exact) mass is 305 g/mol. The Morgan fingerprint density at radius 1 is 1.22 bits per heavy atom. The molecule has 0 aliphatic carbocycles. The van der Waals surface area contributed by atoms with Gasteiger partial charge in [-0.1, -0.05) is 30.2 Å². The fraction of sp³-hybridized carbons (Fsp3) is 0.167. The molecular weight excluding hydrogens is 290 g/mol. The normalized spacial score (nSPS) is 12.4. The van der Waals surface area contributed by atoms with E-state index in [1.165, 1.54) is 12.4 Å². The first-order valence-corrected chi connectivity index (χ1v) is 7.22. The van der Waals surface area contributed by atoms with Crippen LogP contribution in [0.5, 0.6) is 0 Å². The van der Waals surface area contributed by atoms with Crippen molar-refractivity contribution in [3.63, 3.8) is 0 Å². The lowest BCUT2D eigenvalue weighted by Crippen LogP contribution is -2.29. The van der Waals surface area contributed by atoms with Gasteiger partial charge in [0.05, 0.1) is 11.3 Å². The zero-order chi connectivity index (χ0) is 16.2. The quantitative estimate of drug-likeness (QED) is 0.696. The molecule has 2 heterocycles. The van der Waals surface area contributed by atoms with Gasteiger partial charge in [-0.25, -0.2) is 0 Å². The zero-order valence-corrected chi connectivity index (χ0v) is 12.5. The summed E-state index contributed by atoms with van der Waals surface area (Å²) < 4.78 is 0. The second kappa shape index (κ2) is 6.32. The summed E-state index contributed by atoms with van der Waals surface area (Å²) >= 11 is 0. The average molecular weight is 305 g/mol. The SMILES string of the molecule is C#Cc1cnccc1NC(=O)CC(=O)N1Cc2ccccc2C1. The topological polar surface area (TPSA) is 62.3 Å². The molecule has 0 spiro atoms. The third kappa shape index (κ3) is 3.22. The lowest BCUT2D eigenvalue weighted by molar-refractivity contribution is -0.135. The van der Waals surface area contributed by atoms with Gasteiger partial charge in [0.2, 0.25) is 11.8 Å². The number of benzene rings is 1. The molecule has 1 aliphatic heterocycles. The number of nitrogens with one attached hydrogen (secondary N) is 1. The van der Waals surface area contributed by atoms with Gasteiger partial charge in [0, 0.05) is 25.5 Å². The number of fused-ring (bicyclic) bond motifs is 1. The molecule has 0 atom stereocenters. The van der Waals surface area contributed by atoms with Crippen LogP contribution in [0.2, 0.25) is 0 Å². The Bertz CT molecular complexity index is 783. The number of aromatic nitrogens is 1. The van der Waals surface area contributed by atoms with Crippen LogP contribution in [0, 0.1) is 12.3 Å². The summed E-state index contributed by atoms with van der Waals surface area (Å²) in [5.74, 6) is 1.87. The second-order valence-electron chi connectivity index (χ2n) is 5.31. The predicted octanol–water partition coefficient (Wildman–Crippen LogP) is 1.93. The maximum Gasteiger partial charge on any atom is 0.233 e. The minimum absolute atomic E-state index is 0.199. The molecule has 0 saturated carbocycles. The lowest BCUT2D eigenvalue weighted by atomic mass is 10.1. The van der Waals surface area contributed by atoms with E-state index in [1.807, 2.05) is 24.3 Å². The van der Waals surface area contributed by atoms with Crippen LogP contribution in [0.25, 0.3) is 0 Å². The van der Waals surface area contributed by atoms with Gasteiger partial charge in [-0.3, -0.25) is 14.6 Å². The number of nitrogens with zero attached hydrogens (tertiary/aromatic N) is 2. The van der Waals surface area contributed by atoms with E-state index in [-0.39, 0.29) is 18.2 Å². The molecule has 0 radical (unpaired) electrons. The van der Waals surface area contributed by atoms with Crippen molar-refractivity contribution in [1.82, 2.24) is 9.88 Å². The van der Waals surface area contributed by atoms with Crippen LogP contribution in [0.3, 0.4) is 0 Å². The van der Waals surface area contributed by atoms with Gasteiger partial charge in [0.1, 0.15) is 6.42 Å². The molecule has 23 heavy (non-hydrogen) atoms. The van der Waals surface area contributed by atoms with Crippen LogP contribution in [-0.2, 0) is 22.7 Å². The molecule has 5 heteroatoms. The number of terminal acetylenes is 1. The summed E-state index contributed by atoms with van der Waals surface area (Å²) in [4.78, 5) is 29.9. The first kappa shape index (κ1) is 14.8. The van der Waals surface area contributed by atoms with Crippen LogP contribution in [0.4, 0.5) is 5.69 Å². The largest absolute Gasteiger partial charge is 0.334 e. The third-order valence-electron chi connectivity index (χ3n) is 3.76. The van der Waals surface area contributed by atoms with Gasteiger partial charge < -0.3 is 10.2 Å². The molecular formula is C18H15N3O2. The van der Waals surface area contributed by atoms with Crippen LogP contribution < -0.4 is 5.32 Å². The Morgan fingerprint density at radius 3 is 2.57 bits per heavy atom. The van der Waals surface area contributed by atoms with Crippen molar-refractivity contribution in [2.24, 2.45) is 0 Å². The zero-order valence-electron chi connectivity index (χ0n) is 12.5. The van der Waals surface area contributed by atoms with E-state index in [1.54, 1.807) is 11.0 Å². The van der Waals surface area contributed by atoms with Crippen molar-refractivity contribution in [1.29, 1.82) is 0 Å². The van der Waals surface area contributed by atoms with E-state index >= 15 is 0 Å². The summed E-state index contributed by atoms with van der Waals surface area (Å²) in [6, 6.07) is 9.51. The first-order valence-electron chi connectivity index (χ1n) is 7.22. The number of rotatable bonds is 3. The molecule has 1 aromatic carbocycles. The van der Waals surface area contributed by atoms with Crippen molar-refractivity contribution < 1.29 is 9.59 Å². The van der Waals surface area contributed by atoms with E-state index in [9.17, 15) is 9.59 Å². The highest BCUT2D eigenvalue weighted by Gasteiger charge is 2.24. The molecule has 0 unspecified atom stereocenters. The number of carbonyl (C=O) groups excluding carboxylic acids is 2. The van der Waals surface area contributed by atoms with Crippen molar-refractivity contribution in [3.8, 4) is 12.3 Å². The van der Waals surface area contributed by atoms with Crippen molar-refractivity contribution in [2.75, 3.05) is 5.32 Å². The van der Waals surface area contributed by atoms with Gasteiger partial charge in [-0.2, -0.15) is 0 Å². The third-order valence-corrected chi connectivity index (χ3v) is 3.76. The van der Waals surface area contributed by atoms with Crippen molar-refractivity contribution >= 4 is 17.5 Å². The van der Waals surface area contributed by atoms with Gasteiger partial charge in [-0.05, 0) is 17.2 Å². The molecule has 3 rings (SSSR count). The smallest absolute Gasteiger partial charge is 0.233 e. The van der Waals surface area contributed by atoms with E-state index in [4.69, 9.17) is 6.42 Å². The van der Waals surface area contributed by atoms with Crippen LogP contribution >= 0.6 is 0 Å². The molecule has 1 aliphatic rings. The van der Waals surface area contributed by atoms with Gasteiger partial charge in [0.25, 0.3) is 0 Å². The van der Waals surface area contributed by atoms with Crippen LogP contribution in [0.1, 0.15) is 23.1 Å². The van der Waals surface area contributed by atoms with Gasteiger partial charge >= 0.3 is 0 Å². The number of anilines is 1. The molecule has 1 aromatic heterocycles. The molecule has 0 saturated heterocycles. The fourth-order valence-corrected chi connectivity index (χ4v) is 2.57. The summed E-state index contributed by atoms with van der Waals surface area (Å²) in [6.45, 7) is 1.10. The van der Waals surface area contributed by atoms with Crippen molar-refractivity contribution in [3.05, 3.63) is 59.4 Å². The average Bonchev–Trinajstić information content (AvgIpc) is 2.99. The molecule has 0 bridgehead atoms. The summed E-state index contributed by atoms with van der Waals surface area (Å²) in [6.07, 6.45) is 8.18. The van der Waals surface area contributed by atoms with Crippen LogP contribution in [0.15, 0.2) is 42.7 Å². The Labute approximate surface area is 134 Å². The molecule has 5 nitrogen and oxygen atoms in total. The number of hydrogen-bond acceptors (Lipinski definition) is 3. The van der Waals surface area contributed by atoms with Crippen molar-refractivity contribution in [2.45, 2.75) is 19.5 Å². The standard InChI is InChI=1S/C18H15N3O2/c1-2-13-10-19-8-7-16(13)20-17(22)9-18(23)21-11-14-5-3-4-6-15(14)12-21/h1,3-8,10H,9,11-12H2,(H,19,20,22). The Kier molecular flexibility index (Phi) is 4.07. The van der Waals surface area contributed by atoms with E-state index in [0.717, 1.165) is 11.1 Å². The van der Waals surface area contributed by atoms with E-state index in [2.05, 4.69) is 16.2 Å². The predicted molar refractivity (Wildman–Crippen MR) is 86.1 cm³/mol. The highest BCUT2D eigenvalue weighted by Crippen LogP contribution is 2.23. The fourth-order valence-electron chi connectivity index (χ4n) is 2.57. The molecule has 2 amide bonds. The van der Waals surface area contributed by atoms with E-state index < -0.39 is 0 Å². The Hall–Kier alpha value is -3.13. The minimum Gasteiger partial charge on any atom is -0.334 e. The van der Waals surface area contributed by atoms with Crippen LogP contribution in [-0.4, -0.2) is 21.7 Å². The number of carbonyl (C=O) groups is 2. The Balaban J connectivity index is 1.61. The highest BCUT2D eigenvalue weighted by atomic mass is 16.2. The molecule has 114 valence electrons. The molecule has 1 N–H and O–H groups in total. The maximum atomic E-state index is 12.3. The second-order valence-corrected chi connectivity index (χ2v) is 5.31. The molecule has 2 aromatic rings. The molecule has 0 fully saturated rings. The first-order chi connectivity index (χ1) is 11.2.